The highest BCUT2D eigenvalue weighted by Crippen LogP contribution is 2.42. The molecule has 0 saturated carbocycles. The molecule has 5 heteroatoms. The van der Waals surface area contributed by atoms with Crippen molar-refractivity contribution in [2.75, 3.05) is 0 Å². The number of carbonyl (C=O) groups excluding carboxylic acids is 1. The van der Waals surface area contributed by atoms with Gasteiger partial charge in [0.1, 0.15) is 6.04 Å². The molecule has 2 saturated heterocycles. The first-order valence-electron chi connectivity index (χ1n) is 7.77. The molecule has 3 N–H and O–H groups in total. The van der Waals surface area contributed by atoms with E-state index in [1.54, 1.807) is 0 Å². The number of hydrazine groups is 1. The molecule has 4 unspecified atom stereocenters. The second-order valence-corrected chi connectivity index (χ2v) is 7.19. The van der Waals surface area contributed by atoms with Crippen LogP contribution in [0.25, 0.3) is 0 Å². The molecule has 4 atom stereocenters. The second kappa shape index (κ2) is 5.74. The van der Waals surface area contributed by atoms with Gasteiger partial charge >= 0.3 is 0 Å². The van der Waals surface area contributed by atoms with Gasteiger partial charge in [0.05, 0.1) is 12.1 Å². The lowest BCUT2D eigenvalue weighted by Crippen LogP contribution is -2.39. The molecule has 4 nitrogen and oxygen atoms in total. The van der Waals surface area contributed by atoms with Gasteiger partial charge in [0, 0.05) is 10.4 Å². The van der Waals surface area contributed by atoms with Gasteiger partial charge in [0.15, 0.2) is 0 Å². The second-order valence-electron chi connectivity index (χ2n) is 6.27. The van der Waals surface area contributed by atoms with Crippen molar-refractivity contribution in [2.24, 2.45) is 5.92 Å². The van der Waals surface area contributed by atoms with Gasteiger partial charge in [-0.1, -0.05) is 57.9 Å². The van der Waals surface area contributed by atoms with Crippen LogP contribution in [-0.2, 0) is 4.79 Å². The van der Waals surface area contributed by atoms with Gasteiger partial charge in [-0.2, -0.15) is 0 Å². The summed E-state index contributed by atoms with van der Waals surface area (Å²) in [5, 5.41) is 3.15. The molecule has 4 rings (SSSR count). The minimum atomic E-state index is -0.203. The average molecular weight is 372 g/mol. The molecular weight excluding hydrogens is 354 g/mol. The van der Waals surface area contributed by atoms with E-state index in [0.717, 1.165) is 10.0 Å². The molecule has 0 spiro atoms. The van der Waals surface area contributed by atoms with Crippen LogP contribution in [0.15, 0.2) is 53.0 Å². The smallest absolute Gasteiger partial charge is 0.239 e. The van der Waals surface area contributed by atoms with Crippen molar-refractivity contribution in [1.29, 1.82) is 0 Å². The van der Waals surface area contributed by atoms with E-state index in [1.165, 1.54) is 11.1 Å². The molecule has 0 aromatic heterocycles. The van der Waals surface area contributed by atoms with Crippen molar-refractivity contribution in [3.63, 3.8) is 0 Å². The summed E-state index contributed by atoms with van der Waals surface area (Å²) in [6.07, 6.45) is 0. The summed E-state index contributed by atoms with van der Waals surface area (Å²) in [6.45, 7) is 2.08. The maximum atomic E-state index is 12.3. The fraction of sp³-hybridized carbons (Fsp3) is 0.278. The Bertz CT molecular complexity index is 746. The zero-order valence-electron chi connectivity index (χ0n) is 12.7. The van der Waals surface area contributed by atoms with Gasteiger partial charge in [-0.15, -0.1) is 0 Å². The first kappa shape index (κ1) is 14.9. The number of halogens is 1. The number of nitrogens with one attached hydrogen (secondary N) is 3. The zero-order valence-corrected chi connectivity index (χ0v) is 14.3. The van der Waals surface area contributed by atoms with Crippen LogP contribution < -0.4 is 16.2 Å². The van der Waals surface area contributed by atoms with E-state index in [1.807, 2.05) is 12.1 Å². The highest BCUT2D eigenvalue weighted by Gasteiger charge is 2.51. The van der Waals surface area contributed by atoms with Crippen LogP contribution in [0, 0.1) is 12.8 Å². The molecular formula is C18H18BrN3O. The van der Waals surface area contributed by atoms with Crippen molar-refractivity contribution in [3.8, 4) is 0 Å². The summed E-state index contributed by atoms with van der Waals surface area (Å²) >= 11 is 3.52. The molecule has 23 heavy (non-hydrogen) atoms. The third kappa shape index (κ3) is 2.59. The number of aryl methyl sites for hydroxylation is 1. The topological polar surface area (TPSA) is 53.2 Å². The Hall–Kier alpha value is -1.69. The Morgan fingerprint density at radius 1 is 0.913 bits per heavy atom. The van der Waals surface area contributed by atoms with Gasteiger partial charge in [-0.05, 0) is 30.2 Å². The van der Waals surface area contributed by atoms with Crippen molar-refractivity contribution in [2.45, 2.75) is 25.0 Å². The zero-order chi connectivity index (χ0) is 16.0. The minimum Gasteiger partial charge on any atom is -0.347 e. The Labute approximate surface area is 143 Å². The van der Waals surface area contributed by atoms with Crippen LogP contribution in [0.3, 0.4) is 0 Å². The summed E-state index contributed by atoms with van der Waals surface area (Å²) < 4.78 is 1.03. The van der Waals surface area contributed by atoms with E-state index < -0.39 is 0 Å². The minimum absolute atomic E-state index is 0.00111. The Morgan fingerprint density at radius 2 is 1.65 bits per heavy atom. The Morgan fingerprint density at radius 3 is 2.39 bits per heavy atom. The molecule has 0 radical (unpaired) electrons. The molecule has 0 aliphatic carbocycles. The summed E-state index contributed by atoms with van der Waals surface area (Å²) in [4.78, 5) is 12.3. The van der Waals surface area contributed by atoms with Crippen molar-refractivity contribution >= 4 is 21.8 Å². The molecule has 2 fully saturated rings. The van der Waals surface area contributed by atoms with Crippen LogP contribution in [0.4, 0.5) is 0 Å². The molecule has 118 valence electrons. The lowest BCUT2D eigenvalue weighted by molar-refractivity contribution is -0.121. The van der Waals surface area contributed by atoms with E-state index in [4.69, 9.17) is 0 Å². The summed E-state index contributed by atoms with van der Waals surface area (Å²) in [6, 6.07) is 16.6. The number of carbonyl (C=O) groups is 1. The molecule has 2 aliphatic rings. The van der Waals surface area contributed by atoms with Crippen LogP contribution in [0.5, 0.6) is 0 Å². The van der Waals surface area contributed by atoms with Gasteiger partial charge in [-0.25, -0.2) is 10.9 Å². The highest BCUT2D eigenvalue weighted by atomic mass is 79.9. The number of hydrogen-bond donors (Lipinski definition) is 3. The maximum Gasteiger partial charge on any atom is 0.239 e. The number of amides is 1. The highest BCUT2D eigenvalue weighted by molar-refractivity contribution is 9.10. The molecule has 2 heterocycles. The van der Waals surface area contributed by atoms with Crippen molar-refractivity contribution in [3.05, 3.63) is 69.7 Å². The van der Waals surface area contributed by atoms with Crippen molar-refractivity contribution < 1.29 is 4.79 Å². The number of hydrogen-bond acceptors (Lipinski definition) is 3. The summed E-state index contributed by atoms with van der Waals surface area (Å²) in [5.41, 5.74) is 10.1. The first-order valence-corrected chi connectivity index (χ1v) is 8.56. The fourth-order valence-electron chi connectivity index (χ4n) is 3.61. The van der Waals surface area contributed by atoms with E-state index >= 15 is 0 Å². The SMILES string of the molecule is Cc1ccc(C2NNC3C(=O)NC(c4cccc(Br)c4)C32)cc1. The molecule has 2 aliphatic heterocycles. The maximum absolute atomic E-state index is 12.3. The Balaban J connectivity index is 1.71. The van der Waals surface area contributed by atoms with E-state index in [9.17, 15) is 4.79 Å². The first-order chi connectivity index (χ1) is 11.1. The van der Waals surface area contributed by atoms with Crippen LogP contribution in [0.1, 0.15) is 28.8 Å². The predicted octanol–water partition coefficient (Wildman–Crippen LogP) is 2.76. The normalized spacial score (nSPS) is 29.4. The number of rotatable bonds is 2. The van der Waals surface area contributed by atoms with Crippen LogP contribution in [0.2, 0.25) is 0 Å². The molecule has 2 aromatic carbocycles. The third-order valence-corrected chi connectivity index (χ3v) is 5.27. The summed E-state index contributed by atoms with van der Waals surface area (Å²) in [5.74, 6) is 0.196. The summed E-state index contributed by atoms with van der Waals surface area (Å²) in [7, 11) is 0. The van der Waals surface area contributed by atoms with Gasteiger partial charge < -0.3 is 5.32 Å². The van der Waals surface area contributed by atoms with Crippen molar-refractivity contribution in [1.82, 2.24) is 16.2 Å². The molecule has 2 aromatic rings. The number of benzene rings is 2. The average Bonchev–Trinajstić information content (AvgIpc) is 3.10. The molecule has 0 bridgehead atoms. The molecule has 1 amide bonds. The van der Waals surface area contributed by atoms with E-state index in [-0.39, 0.29) is 30.0 Å². The van der Waals surface area contributed by atoms with Gasteiger partial charge in [0.25, 0.3) is 0 Å². The lowest BCUT2D eigenvalue weighted by atomic mass is 9.83. The van der Waals surface area contributed by atoms with Crippen LogP contribution in [-0.4, -0.2) is 11.9 Å². The Kier molecular flexibility index (Phi) is 3.71. The quantitative estimate of drug-likeness (QED) is 0.760. The van der Waals surface area contributed by atoms with E-state index in [2.05, 4.69) is 75.4 Å². The third-order valence-electron chi connectivity index (χ3n) is 4.77. The van der Waals surface area contributed by atoms with E-state index in [0.29, 0.717) is 0 Å². The van der Waals surface area contributed by atoms with Gasteiger partial charge in [-0.3, -0.25) is 4.79 Å². The fourth-order valence-corrected chi connectivity index (χ4v) is 4.03. The predicted molar refractivity (Wildman–Crippen MR) is 92.5 cm³/mol. The van der Waals surface area contributed by atoms with Crippen LogP contribution >= 0.6 is 15.9 Å². The standard InChI is InChI=1S/C18H18BrN3O/c1-10-5-7-11(8-6-10)16-14-15(12-3-2-4-13(19)9-12)20-18(23)17(14)22-21-16/h2-9,14-17,21-22H,1H3,(H,20,23). The monoisotopic (exact) mass is 371 g/mol. The van der Waals surface area contributed by atoms with Gasteiger partial charge in [0.2, 0.25) is 5.91 Å². The lowest BCUT2D eigenvalue weighted by Gasteiger charge is -2.24. The number of fused-ring (bicyclic) bond motifs is 1. The largest absolute Gasteiger partial charge is 0.347 e.